The number of hydrogen-bond acceptors (Lipinski definition) is 2. The second kappa shape index (κ2) is 3.98. The van der Waals surface area contributed by atoms with Gasteiger partial charge in [-0.2, -0.15) is 0 Å². The lowest BCUT2D eigenvalue weighted by atomic mass is 9.89. The van der Waals surface area contributed by atoms with Gasteiger partial charge in [0, 0.05) is 18.7 Å². The molecule has 0 amide bonds. The van der Waals surface area contributed by atoms with Crippen LogP contribution in [0, 0.1) is 11.3 Å². The maximum atomic E-state index is 4.36. The van der Waals surface area contributed by atoms with Crippen molar-refractivity contribution in [3.8, 4) is 0 Å². The van der Waals surface area contributed by atoms with E-state index in [1.165, 1.54) is 17.7 Å². The molecule has 0 radical (unpaired) electrons. The van der Waals surface area contributed by atoms with Crippen LogP contribution in [-0.2, 0) is 6.54 Å². The van der Waals surface area contributed by atoms with Gasteiger partial charge in [0.05, 0.1) is 12.2 Å². The third-order valence-electron chi connectivity index (χ3n) is 4.37. The molecule has 0 spiro atoms. The van der Waals surface area contributed by atoms with Gasteiger partial charge in [-0.1, -0.05) is 24.6 Å². The SMILES string of the molecule is CC1=CC(C)=C(NCc2ccccn2)C2(C)CC12.[HH]. The van der Waals surface area contributed by atoms with Crippen LogP contribution in [0.15, 0.2) is 47.3 Å². The van der Waals surface area contributed by atoms with Crippen LogP contribution in [0.2, 0.25) is 0 Å². The summed E-state index contributed by atoms with van der Waals surface area (Å²) in [6.45, 7) is 7.67. The molecule has 1 heterocycles. The minimum Gasteiger partial charge on any atom is -0.382 e. The van der Waals surface area contributed by atoms with Gasteiger partial charge in [0.2, 0.25) is 0 Å². The summed E-state index contributed by atoms with van der Waals surface area (Å²) in [4.78, 5) is 4.36. The fourth-order valence-corrected chi connectivity index (χ4v) is 3.29. The van der Waals surface area contributed by atoms with E-state index in [1.54, 1.807) is 5.57 Å². The lowest BCUT2D eigenvalue weighted by Crippen LogP contribution is -2.24. The van der Waals surface area contributed by atoms with E-state index in [0.29, 0.717) is 5.41 Å². The van der Waals surface area contributed by atoms with Crippen LogP contribution < -0.4 is 5.32 Å². The zero-order valence-corrected chi connectivity index (χ0v) is 11.3. The summed E-state index contributed by atoms with van der Waals surface area (Å²) in [5, 5.41) is 3.61. The van der Waals surface area contributed by atoms with Gasteiger partial charge in [-0.25, -0.2) is 0 Å². The molecule has 2 nitrogen and oxygen atoms in total. The van der Waals surface area contributed by atoms with Crippen molar-refractivity contribution in [2.45, 2.75) is 33.7 Å². The standard InChI is InChI=1S/C16H20N2.H2/c1-11-8-12(2)15(16(3)9-14(11)16)18-10-13-6-4-5-7-17-13;/h4-8,14,18H,9-10H2,1-3H3;1H. The quantitative estimate of drug-likeness (QED) is 0.874. The Hall–Kier alpha value is -1.57. The Morgan fingerprint density at radius 2 is 2.28 bits per heavy atom. The van der Waals surface area contributed by atoms with E-state index in [1.807, 2.05) is 18.3 Å². The summed E-state index contributed by atoms with van der Waals surface area (Å²) in [5.74, 6) is 0.757. The van der Waals surface area contributed by atoms with Crippen LogP contribution in [0.25, 0.3) is 0 Å². The Bertz CT molecular complexity index is 533. The summed E-state index contributed by atoms with van der Waals surface area (Å²) in [6, 6.07) is 6.07. The third-order valence-corrected chi connectivity index (χ3v) is 4.37. The van der Waals surface area contributed by atoms with Crippen LogP contribution in [0.4, 0.5) is 0 Å². The Morgan fingerprint density at radius 3 is 3.00 bits per heavy atom. The van der Waals surface area contributed by atoms with Crippen molar-refractivity contribution >= 4 is 0 Å². The van der Waals surface area contributed by atoms with Crippen LogP contribution in [-0.4, -0.2) is 4.98 Å². The lowest BCUT2D eigenvalue weighted by Gasteiger charge is -2.24. The van der Waals surface area contributed by atoms with Crippen molar-refractivity contribution in [1.82, 2.24) is 10.3 Å². The Morgan fingerprint density at radius 1 is 1.44 bits per heavy atom. The van der Waals surface area contributed by atoms with Crippen molar-refractivity contribution in [3.05, 3.63) is 53.0 Å². The van der Waals surface area contributed by atoms with E-state index in [-0.39, 0.29) is 1.43 Å². The smallest absolute Gasteiger partial charge is 0.0594 e. The molecule has 1 N–H and O–H groups in total. The highest BCUT2D eigenvalue weighted by Gasteiger charge is 2.55. The third kappa shape index (κ3) is 1.76. The molecule has 2 aliphatic rings. The van der Waals surface area contributed by atoms with Crippen molar-refractivity contribution < 1.29 is 1.43 Å². The number of aromatic nitrogens is 1. The molecule has 2 heteroatoms. The number of rotatable bonds is 3. The number of nitrogens with zero attached hydrogens (tertiary/aromatic N) is 1. The summed E-state index contributed by atoms with van der Waals surface area (Å²) in [5.41, 5.74) is 5.81. The summed E-state index contributed by atoms with van der Waals surface area (Å²) >= 11 is 0. The first-order valence-electron chi connectivity index (χ1n) is 6.64. The average Bonchev–Trinajstić information content (AvgIpc) is 3.04. The van der Waals surface area contributed by atoms with Crippen molar-refractivity contribution in [2.24, 2.45) is 11.3 Å². The Kier molecular flexibility index (Phi) is 2.54. The van der Waals surface area contributed by atoms with Crippen molar-refractivity contribution in [3.63, 3.8) is 0 Å². The van der Waals surface area contributed by atoms with Crippen LogP contribution in [0.5, 0.6) is 0 Å². The Labute approximate surface area is 110 Å². The highest BCUT2D eigenvalue weighted by atomic mass is 14.9. The van der Waals surface area contributed by atoms with Crippen molar-refractivity contribution in [1.29, 1.82) is 0 Å². The maximum Gasteiger partial charge on any atom is 0.0594 e. The number of pyridine rings is 1. The molecule has 2 aliphatic carbocycles. The molecule has 18 heavy (non-hydrogen) atoms. The first-order chi connectivity index (χ1) is 8.61. The van der Waals surface area contributed by atoms with Crippen molar-refractivity contribution in [2.75, 3.05) is 0 Å². The maximum absolute atomic E-state index is 4.36. The van der Waals surface area contributed by atoms with Gasteiger partial charge in [0.25, 0.3) is 0 Å². The topological polar surface area (TPSA) is 24.9 Å². The van der Waals surface area contributed by atoms with Gasteiger partial charge >= 0.3 is 0 Å². The van der Waals surface area contributed by atoms with E-state index in [2.05, 4.69) is 43.2 Å². The molecule has 2 atom stereocenters. The van der Waals surface area contributed by atoms with E-state index in [0.717, 1.165) is 18.2 Å². The molecule has 0 saturated heterocycles. The first kappa shape index (κ1) is 11.5. The minimum absolute atomic E-state index is 0. The number of allylic oxidation sites excluding steroid dienone is 4. The van der Waals surface area contributed by atoms with Crippen LogP contribution >= 0.6 is 0 Å². The monoisotopic (exact) mass is 242 g/mol. The fourth-order valence-electron chi connectivity index (χ4n) is 3.29. The molecule has 0 aliphatic heterocycles. The van der Waals surface area contributed by atoms with Crippen LogP contribution in [0.1, 0.15) is 34.3 Å². The average molecular weight is 242 g/mol. The predicted molar refractivity (Wildman–Crippen MR) is 75.9 cm³/mol. The lowest BCUT2D eigenvalue weighted by molar-refractivity contribution is 0.544. The van der Waals surface area contributed by atoms with Gasteiger partial charge in [0.1, 0.15) is 0 Å². The molecule has 0 bridgehead atoms. The zero-order chi connectivity index (χ0) is 12.8. The molecule has 2 unspecified atom stereocenters. The van der Waals surface area contributed by atoms with Gasteiger partial charge < -0.3 is 5.32 Å². The molecule has 1 aromatic rings. The van der Waals surface area contributed by atoms with Gasteiger partial charge in [-0.15, -0.1) is 0 Å². The van der Waals surface area contributed by atoms with Gasteiger partial charge in [0.15, 0.2) is 0 Å². The second-order valence-electron chi connectivity index (χ2n) is 5.80. The van der Waals surface area contributed by atoms with E-state index < -0.39 is 0 Å². The summed E-state index contributed by atoms with van der Waals surface area (Å²) in [7, 11) is 0. The van der Waals surface area contributed by atoms with E-state index >= 15 is 0 Å². The van der Waals surface area contributed by atoms with Gasteiger partial charge in [-0.05, 0) is 43.9 Å². The molecule has 1 saturated carbocycles. The molecule has 1 aromatic heterocycles. The highest BCUT2D eigenvalue weighted by molar-refractivity contribution is 5.44. The molecule has 1 fully saturated rings. The Balaban J connectivity index is 0.00000133. The highest BCUT2D eigenvalue weighted by Crippen LogP contribution is 2.62. The normalized spacial score (nSPS) is 29.7. The van der Waals surface area contributed by atoms with E-state index in [4.69, 9.17) is 0 Å². The fraction of sp³-hybridized carbons (Fsp3) is 0.438. The zero-order valence-electron chi connectivity index (χ0n) is 11.3. The van der Waals surface area contributed by atoms with Gasteiger partial charge in [-0.3, -0.25) is 4.98 Å². The molecule has 96 valence electrons. The number of nitrogens with one attached hydrogen (secondary N) is 1. The molecular formula is C16H22N2. The summed E-state index contributed by atoms with van der Waals surface area (Å²) < 4.78 is 0. The van der Waals surface area contributed by atoms with E-state index in [9.17, 15) is 0 Å². The number of hydrogen-bond donors (Lipinski definition) is 1. The second-order valence-corrected chi connectivity index (χ2v) is 5.80. The largest absolute Gasteiger partial charge is 0.382 e. The first-order valence-corrected chi connectivity index (χ1v) is 6.64. The molecular weight excluding hydrogens is 220 g/mol. The molecule has 3 rings (SSSR count). The number of fused-ring (bicyclic) bond motifs is 1. The predicted octanol–water partition coefficient (Wildman–Crippen LogP) is 3.68. The minimum atomic E-state index is 0. The summed E-state index contributed by atoms with van der Waals surface area (Å²) in [6.07, 6.45) is 5.47. The van der Waals surface area contributed by atoms with Crippen LogP contribution in [0.3, 0.4) is 0 Å². The molecule has 0 aromatic carbocycles.